The van der Waals surface area contributed by atoms with Crippen LogP contribution < -0.4 is 0 Å². The lowest BCUT2D eigenvalue weighted by Crippen LogP contribution is -2.05. The fourth-order valence-corrected chi connectivity index (χ4v) is 2.23. The number of esters is 2. The van der Waals surface area contributed by atoms with Gasteiger partial charge in [0, 0.05) is 12.8 Å². The quantitative estimate of drug-likeness (QED) is 0.289. The van der Waals surface area contributed by atoms with Crippen LogP contribution in [-0.4, -0.2) is 25.2 Å². The number of unbranched alkanes of at least 4 members (excludes halogenated alkanes) is 8. The van der Waals surface area contributed by atoms with Crippen molar-refractivity contribution >= 4 is 11.9 Å². The summed E-state index contributed by atoms with van der Waals surface area (Å²) >= 11 is 0. The van der Waals surface area contributed by atoms with Gasteiger partial charge in [-0.15, -0.1) is 0 Å². The molecule has 0 unspecified atom stereocenters. The molecule has 0 aromatic carbocycles. The molecule has 4 heteroatoms. The van der Waals surface area contributed by atoms with Gasteiger partial charge in [-0.05, 0) is 25.7 Å². The first-order valence-corrected chi connectivity index (χ1v) is 9.52. The molecule has 136 valence electrons. The molecule has 0 aliphatic rings. The fourth-order valence-electron chi connectivity index (χ4n) is 2.23. The van der Waals surface area contributed by atoms with Crippen molar-refractivity contribution in [2.45, 2.75) is 97.3 Å². The molecule has 0 atom stereocenters. The van der Waals surface area contributed by atoms with Crippen molar-refractivity contribution in [3.05, 3.63) is 0 Å². The van der Waals surface area contributed by atoms with Gasteiger partial charge in [-0.2, -0.15) is 0 Å². The summed E-state index contributed by atoms with van der Waals surface area (Å²) in [6.07, 6.45) is 12.6. The summed E-state index contributed by atoms with van der Waals surface area (Å²) in [5.74, 6) is -0.111. The fraction of sp³-hybridized carbons (Fsp3) is 0.895. The van der Waals surface area contributed by atoms with Crippen LogP contribution >= 0.6 is 0 Å². The molecule has 23 heavy (non-hydrogen) atoms. The zero-order valence-electron chi connectivity index (χ0n) is 15.2. The lowest BCUT2D eigenvalue weighted by atomic mass is 10.1. The Hall–Kier alpha value is -1.06. The van der Waals surface area contributed by atoms with E-state index in [-0.39, 0.29) is 11.9 Å². The molecular formula is C19H36O4. The minimum absolute atomic E-state index is 0.0555. The molecule has 0 aliphatic carbocycles. The average molecular weight is 328 g/mol. The van der Waals surface area contributed by atoms with Crippen LogP contribution in [0.25, 0.3) is 0 Å². The highest BCUT2D eigenvalue weighted by molar-refractivity contribution is 5.69. The molecule has 0 radical (unpaired) electrons. The summed E-state index contributed by atoms with van der Waals surface area (Å²) in [4.78, 5) is 22.8. The van der Waals surface area contributed by atoms with E-state index in [1.807, 2.05) is 0 Å². The largest absolute Gasteiger partial charge is 0.466 e. The van der Waals surface area contributed by atoms with Crippen LogP contribution in [-0.2, 0) is 19.1 Å². The van der Waals surface area contributed by atoms with Crippen LogP contribution in [0.1, 0.15) is 97.3 Å². The van der Waals surface area contributed by atoms with Crippen LogP contribution in [0, 0.1) is 0 Å². The number of hydrogen-bond donors (Lipinski definition) is 0. The van der Waals surface area contributed by atoms with Gasteiger partial charge < -0.3 is 9.47 Å². The van der Waals surface area contributed by atoms with E-state index in [4.69, 9.17) is 9.47 Å². The van der Waals surface area contributed by atoms with Crippen molar-refractivity contribution in [2.75, 3.05) is 13.2 Å². The van der Waals surface area contributed by atoms with Crippen molar-refractivity contribution in [3.63, 3.8) is 0 Å². The van der Waals surface area contributed by atoms with E-state index in [1.165, 1.54) is 6.42 Å². The lowest BCUT2D eigenvalue weighted by molar-refractivity contribution is -0.144. The minimum atomic E-state index is -0.0555. The Labute approximate surface area is 142 Å². The topological polar surface area (TPSA) is 52.6 Å². The molecule has 0 rings (SSSR count). The molecule has 0 fully saturated rings. The van der Waals surface area contributed by atoms with Crippen molar-refractivity contribution < 1.29 is 19.1 Å². The Morgan fingerprint density at radius 3 is 1.26 bits per heavy atom. The molecule has 4 nitrogen and oxygen atoms in total. The minimum Gasteiger partial charge on any atom is -0.466 e. The summed E-state index contributed by atoms with van der Waals surface area (Å²) in [5, 5.41) is 0. The summed E-state index contributed by atoms with van der Waals surface area (Å²) in [6.45, 7) is 5.30. The summed E-state index contributed by atoms with van der Waals surface area (Å²) in [6, 6.07) is 0. The van der Waals surface area contributed by atoms with Crippen molar-refractivity contribution in [2.24, 2.45) is 0 Å². The standard InChI is InChI=1S/C19H36O4/c1-3-5-16-22-18(20)14-12-10-8-7-9-11-13-15-19(21)23-17-6-4-2/h3-17H2,1-2H3. The van der Waals surface area contributed by atoms with Gasteiger partial charge in [-0.25, -0.2) is 0 Å². The number of carbonyl (C=O) groups is 2. The second-order valence-corrected chi connectivity index (χ2v) is 6.12. The molecule has 0 heterocycles. The summed E-state index contributed by atoms with van der Waals surface area (Å²) in [7, 11) is 0. The maximum absolute atomic E-state index is 11.4. The third-order valence-electron chi connectivity index (χ3n) is 3.78. The van der Waals surface area contributed by atoms with Crippen molar-refractivity contribution in [1.82, 2.24) is 0 Å². The number of carbonyl (C=O) groups excluding carboxylic acids is 2. The zero-order valence-corrected chi connectivity index (χ0v) is 15.2. The van der Waals surface area contributed by atoms with Gasteiger partial charge in [-0.3, -0.25) is 9.59 Å². The van der Waals surface area contributed by atoms with E-state index in [9.17, 15) is 9.59 Å². The SMILES string of the molecule is CCCCOC(=O)CCCCCCCCCC(=O)OCCCC. The Bertz CT molecular complexity index is 261. The monoisotopic (exact) mass is 328 g/mol. The van der Waals surface area contributed by atoms with Gasteiger partial charge in [0.2, 0.25) is 0 Å². The molecule has 0 bridgehead atoms. The van der Waals surface area contributed by atoms with Crippen LogP contribution in [0.4, 0.5) is 0 Å². The smallest absolute Gasteiger partial charge is 0.305 e. The van der Waals surface area contributed by atoms with Crippen LogP contribution in [0.5, 0.6) is 0 Å². The lowest BCUT2D eigenvalue weighted by Gasteiger charge is -2.05. The summed E-state index contributed by atoms with van der Waals surface area (Å²) < 4.78 is 10.2. The van der Waals surface area contributed by atoms with Gasteiger partial charge in [0.05, 0.1) is 13.2 Å². The molecule has 0 aromatic rings. The van der Waals surface area contributed by atoms with E-state index in [2.05, 4.69) is 13.8 Å². The van der Waals surface area contributed by atoms with Gasteiger partial charge in [0.15, 0.2) is 0 Å². The van der Waals surface area contributed by atoms with Gasteiger partial charge in [-0.1, -0.05) is 58.8 Å². The maximum atomic E-state index is 11.4. The van der Waals surface area contributed by atoms with E-state index in [0.29, 0.717) is 26.1 Å². The first-order chi connectivity index (χ1) is 11.2. The molecule has 0 aliphatic heterocycles. The second kappa shape index (κ2) is 17.3. The average Bonchev–Trinajstić information content (AvgIpc) is 2.53. The molecule has 0 saturated carbocycles. The molecule has 0 N–H and O–H groups in total. The highest BCUT2D eigenvalue weighted by Crippen LogP contribution is 2.10. The molecular weight excluding hydrogens is 292 g/mol. The Morgan fingerprint density at radius 2 is 0.913 bits per heavy atom. The zero-order chi connectivity index (χ0) is 17.2. The van der Waals surface area contributed by atoms with Crippen molar-refractivity contribution in [1.29, 1.82) is 0 Å². The molecule has 0 saturated heterocycles. The molecule has 0 aromatic heterocycles. The molecule has 0 spiro atoms. The normalized spacial score (nSPS) is 10.5. The second-order valence-electron chi connectivity index (χ2n) is 6.12. The van der Waals surface area contributed by atoms with E-state index in [1.54, 1.807) is 0 Å². The first kappa shape index (κ1) is 21.9. The highest BCUT2D eigenvalue weighted by Gasteiger charge is 2.03. The van der Waals surface area contributed by atoms with Crippen LogP contribution in [0.15, 0.2) is 0 Å². The van der Waals surface area contributed by atoms with Gasteiger partial charge in [0.25, 0.3) is 0 Å². The van der Waals surface area contributed by atoms with E-state index >= 15 is 0 Å². The Kier molecular flexibility index (Phi) is 16.5. The third kappa shape index (κ3) is 17.1. The van der Waals surface area contributed by atoms with Crippen LogP contribution in [0.2, 0.25) is 0 Å². The Morgan fingerprint density at radius 1 is 0.565 bits per heavy atom. The third-order valence-corrected chi connectivity index (χ3v) is 3.78. The first-order valence-electron chi connectivity index (χ1n) is 9.52. The Balaban J connectivity index is 3.21. The maximum Gasteiger partial charge on any atom is 0.305 e. The number of ether oxygens (including phenoxy) is 2. The number of rotatable bonds is 16. The van der Waals surface area contributed by atoms with Crippen molar-refractivity contribution in [3.8, 4) is 0 Å². The predicted octanol–water partition coefficient (Wildman–Crippen LogP) is 5.18. The van der Waals surface area contributed by atoms with Crippen LogP contribution in [0.3, 0.4) is 0 Å². The van der Waals surface area contributed by atoms with Gasteiger partial charge in [0.1, 0.15) is 0 Å². The molecule has 0 amide bonds. The van der Waals surface area contributed by atoms with Gasteiger partial charge >= 0.3 is 11.9 Å². The predicted molar refractivity (Wildman–Crippen MR) is 93.3 cm³/mol. The highest BCUT2D eigenvalue weighted by atomic mass is 16.5. The number of hydrogen-bond acceptors (Lipinski definition) is 4. The van der Waals surface area contributed by atoms with E-state index < -0.39 is 0 Å². The van der Waals surface area contributed by atoms with E-state index in [0.717, 1.165) is 64.2 Å². The summed E-state index contributed by atoms with van der Waals surface area (Å²) in [5.41, 5.74) is 0.